The second-order valence-corrected chi connectivity index (χ2v) is 6.08. The van der Waals surface area contributed by atoms with Crippen molar-refractivity contribution in [3.63, 3.8) is 0 Å². The van der Waals surface area contributed by atoms with Crippen molar-refractivity contribution < 1.29 is 0 Å². The molecule has 0 amide bonds. The summed E-state index contributed by atoms with van der Waals surface area (Å²) >= 11 is 0. The molecule has 0 heterocycles. The maximum atomic E-state index is 3.11. The summed E-state index contributed by atoms with van der Waals surface area (Å²) < 4.78 is 0. The van der Waals surface area contributed by atoms with E-state index in [1.165, 1.54) is 38.5 Å². The summed E-state index contributed by atoms with van der Waals surface area (Å²) in [7, 11) is 3.11. The van der Waals surface area contributed by atoms with Gasteiger partial charge in [0, 0.05) is 0 Å². The monoisotopic (exact) mass is 222 g/mol. The molecule has 0 radical (unpaired) electrons. The molecule has 0 aromatic heterocycles. The lowest BCUT2D eigenvalue weighted by Gasteiger charge is -2.23. The molecule has 0 saturated heterocycles. The zero-order valence-electron chi connectivity index (χ0n) is 9.78. The standard InChI is InChI=1S/C14H23P/c1-11(12-6-2-3-7-12)10-14(15)13-8-4-5-9-13/h2-3,6,11,13-14H,4-5,7-10,15H2,1H3/t11-,14-/m1/s1. The lowest BCUT2D eigenvalue weighted by atomic mass is 9.90. The summed E-state index contributed by atoms with van der Waals surface area (Å²) in [6.45, 7) is 2.39. The molecule has 0 nitrogen and oxygen atoms in total. The average molecular weight is 222 g/mol. The Morgan fingerprint density at radius 2 is 2.13 bits per heavy atom. The molecule has 2 rings (SSSR count). The van der Waals surface area contributed by atoms with Crippen LogP contribution in [0.2, 0.25) is 0 Å². The summed E-state index contributed by atoms with van der Waals surface area (Å²) in [6, 6.07) is 0. The Morgan fingerprint density at radius 1 is 1.40 bits per heavy atom. The summed E-state index contributed by atoms with van der Waals surface area (Å²) in [5.41, 5.74) is 2.49. The van der Waals surface area contributed by atoms with E-state index in [-0.39, 0.29) is 0 Å². The molecule has 0 N–H and O–H groups in total. The van der Waals surface area contributed by atoms with Crippen molar-refractivity contribution in [2.45, 2.75) is 51.1 Å². The molecule has 0 spiro atoms. The predicted molar refractivity (Wildman–Crippen MR) is 71.1 cm³/mol. The Labute approximate surface area is 96.4 Å². The molecule has 0 aliphatic heterocycles. The van der Waals surface area contributed by atoms with Crippen LogP contribution in [0.3, 0.4) is 0 Å². The maximum absolute atomic E-state index is 3.11. The van der Waals surface area contributed by atoms with Gasteiger partial charge in [-0.2, -0.15) is 0 Å². The molecule has 1 unspecified atom stereocenters. The minimum absolute atomic E-state index is 0.781. The summed E-state index contributed by atoms with van der Waals surface area (Å²) in [4.78, 5) is 0. The molecule has 1 saturated carbocycles. The Bertz CT molecular complexity index is 259. The van der Waals surface area contributed by atoms with Crippen LogP contribution >= 0.6 is 9.24 Å². The van der Waals surface area contributed by atoms with Gasteiger partial charge in [0.05, 0.1) is 0 Å². The van der Waals surface area contributed by atoms with E-state index in [1.807, 2.05) is 0 Å². The number of rotatable bonds is 4. The molecule has 84 valence electrons. The third-order valence-electron chi connectivity index (χ3n) is 4.06. The van der Waals surface area contributed by atoms with Gasteiger partial charge in [-0.05, 0) is 43.2 Å². The highest BCUT2D eigenvalue weighted by atomic mass is 31.0. The van der Waals surface area contributed by atoms with E-state index in [4.69, 9.17) is 0 Å². The summed E-state index contributed by atoms with van der Waals surface area (Å²) in [6.07, 6.45) is 15.2. The van der Waals surface area contributed by atoms with Crippen molar-refractivity contribution in [3.8, 4) is 0 Å². The van der Waals surface area contributed by atoms with E-state index in [0.717, 1.165) is 17.5 Å². The molecule has 0 bridgehead atoms. The number of hydrogen-bond acceptors (Lipinski definition) is 0. The van der Waals surface area contributed by atoms with Crippen LogP contribution < -0.4 is 0 Å². The first-order valence-electron chi connectivity index (χ1n) is 6.38. The van der Waals surface area contributed by atoms with E-state index in [0.29, 0.717) is 0 Å². The van der Waals surface area contributed by atoms with E-state index >= 15 is 0 Å². The van der Waals surface area contributed by atoms with Crippen LogP contribution in [0.4, 0.5) is 0 Å². The van der Waals surface area contributed by atoms with E-state index in [9.17, 15) is 0 Å². The van der Waals surface area contributed by atoms with Crippen molar-refractivity contribution >= 4 is 9.24 Å². The summed E-state index contributed by atoms with van der Waals surface area (Å²) in [5, 5.41) is 0. The third kappa shape index (κ3) is 2.94. The van der Waals surface area contributed by atoms with Gasteiger partial charge in [-0.1, -0.05) is 43.6 Å². The molecule has 3 atom stereocenters. The van der Waals surface area contributed by atoms with Crippen LogP contribution in [0, 0.1) is 11.8 Å². The number of allylic oxidation sites excluding steroid dienone is 4. The van der Waals surface area contributed by atoms with Crippen LogP contribution in [0.15, 0.2) is 23.8 Å². The Morgan fingerprint density at radius 3 is 2.73 bits per heavy atom. The zero-order valence-corrected chi connectivity index (χ0v) is 10.9. The quantitative estimate of drug-likeness (QED) is 0.621. The lowest BCUT2D eigenvalue weighted by molar-refractivity contribution is 0.454. The van der Waals surface area contributed by atoms with Crippen molar-refractivity contribution in [1.29, 1.82) is 0 Å². The average Bonchev–Trinajstić information content (AvgIpc) is 2.91. The van der Waals surface area contributed by atoms with Gasteiger partial charge in [-0.15, -0.1) is 9.24 Å². The minimum Gasteiger partial charge on any atom is -0.134 e. The van der Waals surface area contributed by atoms with Gasteiger partial charge in [0.15, 0.2) is 0 Å². The summed E-state index contributed by atoms with van der Waals surface area (Å²) in [5.74, 6) is 1.77. The molecule has 1 heteroatoms. The van der Waals surface area contributed by atoms with Gasteiger partial charge in [-0.3, -0.25) is 0 Å². The first kappa shape index (κ1) is 11.4. The molecule has 2 aliphatic rings. The van der Waals surface area contributed by atoms with E-state index in [1.54, 1.807) is 5.57 Å². The highest BCUT2D eigenvalue weighted by Crippen LogP contribution is 2.36. The van der Waals surface area contributed by atoms with Crippen LogP contribution in [-0.2, 0) is 0 Å². The van der Waals surface area contributed by atoms with Crippen molar-refractivity contribution in [2.75, 3.05) is 0 Å². The fraction of sp³-hybridized carbons (Fsp3) is 0.714. The SMILES string of the molecule is C[C@H](C[C@@H](P)C1CCCC1)C1=CC=CC1. The van der Waals surface area contributed by atoms with E-state index in [2.05, 4.69) is 34.4 Å². The van der Waals surface area contributed by atoms with Gasteiger partial charge >= 0.3 is 0 Å². The fourth-order valence-electron chi connectivity index (χ4n) is 2.97. The fourth-order valence-corrected chi connectivity index (χ4v) is 3.76. The third-order valence-corrected chi connectivity index (χ3v) is 4.88. The smallest absolute Gasteiger partial charge is 0.0130 e. The highest BCUT2D eigenvalue weighted by molar-refractivity contribution is 7.17. The molecule has 0 aromatic carbocycles. The minimum atomic E-state index is 0.781. The first-order valence-corrected chi connectivity index (χ1v) is 7.05. The van der Waals surface area contributed by atoms with Gasteiger partial charge in [0.1, 0.15) is 0 Å². The Balaban J connectivity index is 1.80. The molecular formula is C14H23P. The van der Waals surface area contributed by atoms with Crippen LogP contribution in [0.25, 0.3) is 0 Å². The second kappa shape index (κ2) is 5.30. The van der Waals surface area contributed by atoms with Crippen molar-refractivity contribution in [2.24, 2.45) is 11.8 Å². The molecule has 0 aromatic rings. The number of hydrogen-bond donors (Lipinski definition) is 0. The molecular weight excluding hydrogens is 199 g/mol. The Hall–Kier alpha value is -0.0900. The molecule has 1 fully saturated rings. The zero-order chi connectivity index (χ0) is 10.7. The van der Waals surface area contributed by atoms with E-state index < -0.39 is 0 Å². The largest absolute Gasteiger partial charge is 0.134 e. The van der Waals surface area contributed by atoms with Crippen molar-refractivity contribution in [3.05, 3.63) is 23.8 Å². The first-order chi connectivity index (χ1) is 7.27. The van der Waals surface area contributed by atoms with Crippen LogP contribution in [-0.4, -0.2) is 5.66 Å². The van der Waals surface area contributed by atoms with Gasteiger partial charge in [-0.25, -0.2) is 0 Å². The van der Waals surface area contributed by atoms with Crippen molar-refractivity contribution in [1.82, 2.24) is 0 Å². The molecule has 15 heavy (non-hydrogen) atoms. The topological polar surface area (TPSA) is 0 Å². The predicted octanol–water partition coefficient (Wildman–Crippen LogP) is 4.33. The van der Waals surface area contributed by atoms with Crippen LogP contribution in [0.5, 0.6) is 0 Å². The second-order valence-electron chi connectivity index (χ2n) is 5.22. The lowest BCUT2D eigenvalue weighted by Crippen LogP contribution is -2.15. The van der Waals surface area contributed by atoms with Gasteiger partial charge in [0.25, 0.3) is 0 Å². The maximum Gasteiger partial charge on any atom is -0.0130 e. The van der Waals surface area contributed by atoms with Crippen LogP contribution in [0.1, 0.15) is 45.4 Å². The van der Waals surface area contributed by atoms with Gasteiger partial charge in [0.2, 0.25) is 0 Å². The normalized spacial score (nSPS) is 25.6. The Kier molecular flexibility index (Phi) is 4.03. The van der Waals surface area contributed by atoms with Gasteiger partial charge < -0.3 is 0 Å². The molecule has 2 aliphatic carbocycles. The highest BCUT2D eigenvalue weighted by Gasteiger charge is 2.24.